The number of hydrogen-bond acceptors (Lipinski definition) is 4. The highest BCUT2D eigenvalue weighted by molar-refractivity contribution is 5.76. The van der Waals surface area contributed by atoms with Crippen molar-refractivity contribution in [1.82, 2.24) is 0 Å². The maximum absolute atomic E-state index is 12.7. The molecule has 0 radical (unpaired) electrons. The van der Waals surface area contributed by atoms with Crippen molar-refractivity contribution in [3.63, 3.8) is 0 Å². The summed E-state index contributed by atoms with van der Waals surface area (Å²) in [6, 6.07) is 0. The fourth-order valence-corrected chi connectivity index (χ4v) is 3.53. The van der Waals surface area contributed by atoms with Crippen LogP contribution in [0.3, 0.4) is 0 Å². The minimum absolute atomic E-state index is 0.0830. The van der Waals surface area contributed by atoms with Gasteiger partial charge in [0.2, 0.25) is 0 Å². The molecule has 146 valence electrons. The average Bonchev–Trinajstić information content (AvgIpc) is 2.49. The van der Waals surface area contributed by atoms with Crippen LogP contribution in [0.25, 0.3) is 0 Å². The number of allylic oxidation sites excluding steroid dienone is 1. The van der Waals surface area contributed by atoms with E-state index in [1.165, 1.54) is 6.42 Å². The van der Waals surface area contributed by atoms with E-state index < -0.39 is 17.7 Å². The van der Waals surface area contributed by atoms with Gasteiger partial charge in [-0.1, -0.05) is 52.7 Å². The summed E-state index contributed by atoms with van der Waals surface area (Å²) in [6.45, 7) is 12.2. The summed E-state index contributed by atoms with van der Waals surface area (Å²) in [5.41, 5.74) is -1.27. The van der Waals surface area contributed by atoms with Gasteiger partial charge in [-0.25, -0.2) is 4.79 Å². The van der Waals surface area contributed by atoms with Crippen LogP contribution in [-0.4, -0.2) is 35.5 Å². The normalized spacial score (nSPS) is 26.2. The molecule has 0 heterocycles. The summed E-state index contributed by atoms with van der Waals surface area (Å²) >= 11 is 0. The van der Waals surface area contributed by atoms with Crippen molar-refractivity contribution in [2.24, 2.45) is 17.8 Å². The van der Waals surface area contributed by atoms with E-state index in [9.17, 15) is 9.90 Å². The molecule has 4 heteroatoms. The predicted molar refractivity (Wildman–Crippen MR) is 101 cm³/mol. The molecule has 0 aromatic carbocycles. The Morgan fingerprint density at radius 2 is 1.96 bits per heavy atom. The zero-order valence-corrected chi connectivity index (χ0v) is 17.0. The highest BCUT2D eigenvalue weighted by Gasteiger charge is 2.40. The Bertz CT molecular complexity index is 422. The van der Waals surface area contributed by atoms with Crippen LogP contribution >= 0.6 is 0 Å². The van der Waals surface area contributed by atoms with Gasteiger partial charge in [-0.3, -0.25) is 0 Å². The second-order valence-electron chi connectivity index (χ2n) is 8.43. The fourth-order valence-electron chi connectivity index (χ4n) is 3.53. The van der Waals surface area contributed by atoms with Gasteiger partial charge < -0.3 is 14.6 Å². The third-order valence-corrected chi connectivity index (χ3v) is 5.07. The first-order chi connectivity index (χ1) is 11.7. The second-order valence-corrected chi connectivity index (χ2v) is 8.43. The second kappa shape index (κ2) is 10.3. The molecule has 1 unspecified atom stereocenters. The Balaban J connectivity index is 2.72. The number of unbranched alkanes of at least 4 members (excludes halogenated alkanes) is 1. The molecular weight excluding hydrogens is 316 g/mol. The molecule has 4 atom stereocenters. The zero-order valence-electron chi connectivity index (χ0n) is 17.0. The van der Waals surface area contributed by atoms with E-state index in [0.717, 1.165) is 25.7 Å². The van der Waals surface area contributed by atoms with E-state index in [1.807, 2.05) is 12.2 Å². The van der Waals surface area contributed by atoms with Gasteiger partial charge in [-0.2, -0.15) is 0 Å². The molecule has 4 nitrogen and oxygen atoms in total. The summed E-state index contributed by atoms with van der Waals surface area (Å²) in [7, 11) is 0. The third kappa shape index (κ3) is 7.49. The number of rotatable bonds is 9. The first kappa shape index (κ1) is 22.2. The van der Waals surface area contributed by atoms with Gasteiger partial charge in [-0.05, 0) is 50.9 Å². The topological polar surface area (TPSA) is 55.8 Å². The fraction of sp³-hybridized carbons (Fsp3) is 0.857. The molecule has 0 saturated heterocycles. The van der Waals surface area contributed by atoms with Crippen LogP contribution in [0.4, 0.5) is 0 Å². The molecule has 0 aromatic heterocycles. The van der Waals surface area contributed by atoms with Crippen molar-refractivity contribution in [1.29, 1.82) is 0 Å². The lowest BCUT2D eigenvalue weighted by Gasteiger charge is -2.38. The van der Waals surface area contributed by atoms with Crippen molar-refractivity contribution >= 4 is 5.97 Å². The van der Waals surface area contributed by atoms with Gasteiger partial charge in [0.15, 0.2) is 6.10 Å². The molecule has 1 N–H and O–H groups in total. The lowest BCUT2D eigenvalue weighted by Crippen LogP contribution is -2.48. The summed E-state index contributed by atoms with van der Waals surface area (Å²) in [6.07, 6.45) is 8.10. The smallest absolute Gasteiger partial charge is 0.338 e. The minimum Gasteiger partial charge on any atom is -0.460 e. The number of carbonyl (C=O) groups is 1. The Morgan fingerprint density at radius 1 is 1.28 bits per heavy atom. The first-order valence-electron chi connectivity index (χ1n) is 9.86. The van der Waals surface area contributed by atoms with Crippen LogP contribution in [0.15, 0.2) is 12.2 Å². The molecule has 1 aliphatic carbocycles. The third-order valence-electron chi connectivity index (χ3n) is 5.07. The van der Waals surface area contributed by atoms with Crippen molar-refractivity contribution in [3.05, 3.63) is 12.2 Å². The molecule has 0 aromatic rings. The summed E-state index contributed by atoms with van der Waals surface area (Å²) in [5, 5.41) is 10.4. The summed E-state index contributed by atoms with van der Waals surface area (Å²) in [4.78, 5) is 12.7. The van der Waals surface area contributed by atoms with E-state index in [1.54, 1.807) is 13.8 Å². The highest BCUT2D eigenvalue weighted by atomic mass is 16.6. The molecular formula is C21H38O4. The largest absolute Gasteiger partial charge is 0.460 e. The van der Waals surface area contributed by atoms with Crippen molar-refractivity contribution < 1.29 is 19.4 Å². The van der Waals surface area contributed by atoms with Gasteiger partial charge in [0.1, 0.15) is 6.10 Å². The molecule has 0 amide bonds. The Labute approximate surface area is 154 Å². The molecule has 1 rings (SSSR count). The molecule has 0 bridgehead atoms. The number of hydrogen-bond donors (Lipinski definition) is 1. The van der Waals surface area contributed by atoms with Gasteiger partial charge >= 0.3 is 5.97 Å². The van der Waals surface area contributed by atoms with E-state index in [0.29, 0.717) is 24.4 Å². The molecule has 1 fully saturated rings. The van der Waals surface area contributed by atoms with Gasteiger partial charge in [0, 0.05) is 0 Å². The van der Waals surface area contributed by atoms with Gasteiger partial charge in [0.05, 0.1) is 12.2 Å². The average molecular weight is 355 g/mol. The van der Waals surface area contributed by atoms with Crippen molar-refractivity contribution in [2.45, 2.75) is 91.5 Å². The zero-order chi connectivity index (χ0) is 19.0. The van der Waals surface area contributed by atoms with Crippen LogP contribution in [0.5, 0.6) is 0 Å². The number of ether oxygens (including phenoxy) is 2. The Kier molecular flexibility index (Phi) is 9.15. The highest BCUT2D eigenvalue weighted by Crippen LogP contribution is 2.35. The molecule has 1 saturated carbocycles. The van der Waals surface area contributed by atoms with Crippen LogP contribution in [0, 0.1) is 17.8 Å². The van der Waals surface area contributed by atoms with Crippen LogP contribution in [-0.2, 0) is 14.3 Å². The first-order valence-corrected chi connectivity index (χ1v) is 9.86. The Hall–Kier alpha value is -0.870. The quantitative estimate of drug-likeness (QED) is 0.489. The number of aliphatic hydroxyl groups is 1. The maximum Gasteiger partial charge on any atom is 0.338 e. The van der Waals surface area contributed by atoms with E-state index in [4.69, 9.17) is 9.47 Å². The van der Waals surface area contributed by atoms with Crippen molar-refractivity contribution in [2.75, 3.05) is 6.61 Å². The Morgan fingerprint density at radius 3 is 2.52 bits per heavy atom. The maximum atomic E-state index is 12.7. The van der Waals surface area contributed by atoms with Gasteiger partial charge in [-0.15, -0.1) is 0 Å². The lowest BCUT2D eigenvalue weighted by molar-refractivity contribution is -0.183. The molecule has 0 spiro atoms. The van der Waals surface area contributed by atoms with Crippen LogP contribution in [0.1, 0.15) is 73.6 Å². The summed E-state index contributed by atoms with van der Waals surface area (Å²) < 4.78 is 11.5. The SMILES string of the molecule is CCC/C=C\COC(C(=O)O[C@@H]1C[C@H](C)CC[C@H]1C(C)C)C(C)(C)O. The van der Waals surface area contributed by atoms with Gasteiger partial charge in [0.25, 0.3) is 0 Å². The monoisotopic (exact) mass is 354 g/mol. The predicted octanol–water partition coefficient (Wildman–Crippen LogP) is 4.50. The molecule has 0 aliphatic heterocycles. The van der Waals surface area contributed by atoms with Crippen molar-refractivity contribution in [3.8, 4) is 0 Å². The molecule has 1 aliphatic rings. The van der Waals surface area contributed by atoms with Crippen LogP contribution in [0.2, 0.25) is 0 Å². The number of carbonyl (C=O) groups excluding carboxylic acids is 1. The standard InChI is InChI=1S/C21H38O4/c1-7-8-9-10-13-24-19(21(5,6)23)20(22)25-18-14-16(4)11-12-17(18)15(2)3/h9-10,15-19,23H,7-8,11-14H2,1-6H3/b10-9-/t16-,17+,18-,19?/m1/s1. The summed E-state index contributed by atoms with van der Waals surface area (Å²) in [5.74, 6) is 0.975. The van der Waals surface area contributed by atoms with Crippen LogP contribution < -0.4 is 0 Å². The van der Waals surface area contributed by atoms with E-state index in [-0.39, 0.29) is 6.10 Å². The lowest BCUT2D eigenvalue weighted by atomic mass is 9.75. The molecule has 25 heavy (non-hydrogen) atoms. The number of esters is 1. The van der Waals surface area contributed by atoms with E-state index >= 15 is 0 Å². The van der Waals surface area contributed by atoms with E-state index in [2.05, 4.69) is 27.7 Å². The minimum atomic E-state index is -1.27.